The minimum Gasteiger partial charge on any atom is -0.504 e. The van der Waals surface area contributed by atoms with Crippen LogP contribution in [0.1, 0.15) is 37.7 Å². The number of morpholine rings is 1. The number of nitrogens with zero attached hydrogens (tertiary/aromatic N) is 1. The molecule has 5 fully saturated rings. The summed E-state index contributed by atoms with van der Waals surface area (Å²) in [5.74, 6) is 1.59. The van der Waals surface area contributed by atoms with Crippen LogP contribution in [0.4, 0.5) is 0 Å². The first kappa shape index (κ1) is 21.5. The number of benzene rings is 1. The zero-order chi connectivity index (χ0) is 22.5. The van der Waals surface area contributed by atoms with Gasteiger partial charge in [0.05, 0.1) is 13.7 Å². The van der Waals surface area contributed by atoms with E-state index in [1.807, 2.05) is 12.1 Å². The molecule has 2 unspecified atom stereocenters. The van der Waals surface area contributed by atoms with E-state index in [9.17, 15) is 14.7 Å². The van der Waals surface area contributed by atoms with Crippen LogP contribution in [0.2, 0.25) is 0 Å². The second-order valence-electron chi connectivity index (χ2n) is 10.2. The number of rotatable bonds is 6. The lowest BCUT2D eigenvalue weighted by atomic mass is 9.47. The van der Waals surface area contributed by atoms with Gasteiger partial charge < -0.3 is 25.6 Å². The fourth-order valence-corrected chi connectivity index (χ4v) is 6.90. The molecular weight excluding hydrogens is 410 g/mol. The van der Waals surface area contributed by atoms with Gasteiger partial charge in [-0.25, -0.2) is 0 Å². The second-order valence-corrected chi connectivity index (χ2v) is 10.2. The van der Waals surface area contributed by atoms with Gasteiger partial charge in [-0.3, -0.25) is 14.5 Å². The first-order valence-corrected chi connectivity index (χ1v) is 11.7. The third-order valence-electron chi connectivity index (χ3n) is 8.20. The van der Waals surface area contributed by atoms with Crippen molar-refractivity contribution in [2.24, 2.45) is 28.9 Å². The molecule has 8 heteroatoms. The Balaban J connectivity index is 1.21. The highest BCUT2D eigenvalue weighted by Gasteiger charge is 2.58. The highest BCUT2D eigenvalue weighted by molar-refractivity contribution is 5.83. The number of ether oxygens (including phenoxy) is 2. The summed E-state index contributed by atoms with van der Waals surface area (Å²) in [6.07, 6.45) is 4.19. The summed E-state index contributed by atoms with van der Waals surface area (Å²) in [5, 5.41) is 13.1. The molecule has 8 nitrogen and oxygen atoms in total. The summed E-state index contributed by atoms with van der Waals surface area (Å²) < 4.78 is 11.0. The first-order valence-electron chi connectivity index (χ1n) is 11.7. The van der Waals surface area contributed by atoms with Crippen LogP contribution in [-0.4, -0.2) is 60.8 Å². The van der Waals surface area contributed by atoms with Gasteiger partial charge in [-0.05, 0) is 67.6 Å². The Morgan fingerprint density at radius 2 is 2.03 bits per heavy atom. The number of phenols is 1. The van der Waals surface area contributed by atoms with E-state index in [0.29, 0.717) is 43.2 Å². The molecule has 4 aliphatic carbocycles. The molecule has 0 spiro atoms. The van der Waals surface area contributed by atoms with Gasteiger partial charge in [0.2, 0.25) is 5.91 Å². The number of primary amides is 1. The van der Waals surface area contributed by atoms with Crippen molar-refractivity contribution in [1.29, 1.82) is 0 Å². The number of hydrogen-bond acceptors (Lipinski definition) is 6. The minimum absolute atomic E-state index is 0.0522. The maximum absolute atomic E-state index is 13.1. The van der Waals surface area contributed by atoms with Crippen molar-refractivity contribution in [1.82, 2.24) is 10.2 Å². The molecule has 1 aromatic rings. The Kier molecular flexibility index (Phi) is 5.53. The molecule has 4 N–H and O–H groups in total. The van der Waals surface area contributed by atoms with Crippen LogP contribution in [0.5, 0.6) is 11.5 Å². The zero-order valence-electron chi connectivity index (χ0n) is 18.6. The highest BCUT2D eigenvalue weighted by atomic mass is 16.5. The normalized spacial score (nSPS) is 36.1. The van der Waals surface area contributed by atoms with Crippen LogP contribution < -0.4 is 15.8 Å². The summed E-state index contributed by atoms with van der Waals surface area (Å²) in [6, 6.07) is 5.44. The molecule has 2 amide bonds. The van der Waals surface area contributed by atoms with Gasteiger partial charge in [-0.1, -0.05) is 6.07 Å². The molecule has 3 atom stereocenters. The quantitative estimate of drug-likeness (QED) is 0.612. The fourth-order valence-electron chi connectivity index (χ4n) is 6.90. The zero-order valence-corrected chi connectivity index (χ0v) is 18.6. The molecule has 0 radical (unpaired) electrons. The monoisotopic (exact) mass is 443 g/mol. The molecule has 6 rings (SSSR count). The molecule has 4 saturated carbocycles. The van der Waals surface area contributed by atoms with Crippen LogP contribution in [-0.2, 0) is 20.9 Å². The molecule has 4 bridgehead atoms. The lowest BCUT2D eigenvalue weighted by Gasteiger charge is -2.59. The Morgan fingerprint density at radius 3 is 2.72 bits per heavy atom. The van der Waals surface area contributed by atoms with Crippen LogP contribution in [0.25, 0.3) is 0 Å². The van der Waals surface area contributed by atoms with E-state index in [1.165, 1.54) is 7.11 Å². The Bertz CT molecular complexity index is 890. The van der Waals surface area contributed by atoms with Crippen molar-refractivity contribution in [3.05, 3.63) is 23.8 Å². The van der Waals surface area contributed by atoms with Gasteiger partial charge in [0.15, 0.2) is 11.5 Å². The topological polar surface area (TPSA) is 114 Å². The largest absolute Gasteiger partial charge is 0.504 e. The van der Waals surface area contributed by atoms with Crippen LogP contribution >= 0.6 is 0 Å². The number of nitrogens with one attached hydrogen (secondary N) is 1. The van der Waals surface area contributed by atoms with E-state index in [0.717, 1.165) is 44.2 Å². The SMILES string of the molecule is COc1cc(CN2CCO[C@@H](C(=O)NC3C4CC5CC3CC(C(N)=O)(C5)C4)C2)ccc1O. The number of methoxy groups -OCH3 is 1. The molecule has 1 heterocycles. The fraction of sp³-hybridized carbons (Fsp3) is 0.667. The van der Waals surface area contributed by atoms with Crippen molar-refractivity contribution in [2.45, 2.75) is 50.8 Å². The standard InChI is InChI=1S/C24H33N3O5/c1-31-19-8-14(2-3-18(19)28)12-27-4-5-32-20(13-27)22(29)26-21-16-6-15-7-17(21)11-24(9-15,10-16)23(25)30/h2-3,8,15-17,20-21,28H,4-7,9-13H2,1H3,(H2,25,30)(H,26,29)/t15?,16?,17?,20-,21?,24?/m1/s1. The van der Waals surface area contributed by atoms with Gasteiger partial charge >= 0.3 is 0 Å². The lowest BCUT2D eigenvalue weighted by Crippen LogP contribution is -2.63. The maximum Gasteiger partial charge on any atom is 0.250 e. The third kappa shape index (κ3) is 3.83. The number of nitrogens with two attached hydrogens (primary N) is 1. The molecule has 0 aromatic heterocycles. The Labute approximate surface area is 188 Å². The van der Waals surface area contributed by atoms with Crippen LogP contribution in [0.3, 0.4) is 0 Å². The lowest BCUT2D eigenvalue weighted by molar-refractivity contribution is -0.151. The number of phenolic OH excluding ortho intramolecular Hbond substituents is 1. The smallest absolute Gasteiger partial charge is 0.250 e. The van der Waals surface area contributed by atoms with Crippen molar-refractivity contribution in [3.63, 3.8) is 0 Å². The minimum atomic E-state index is -0.509. The van der Waals surface area contributed by atoms with Crippen molar-refractivity contribution < 1.29 is 24.2 Å². The van der Waals surface area contributed by atoms with Crippen molar-refractivity contribution in [2.75, 3.05) is 26.8 Å². The van der Waals surface area contributed by atoms with E-state index >= 15 is 0 Å². The van der Waals surface area contributed by atoms with Gasteiger partial charge in [-0.2, -0.15) is 0 Å². The summed E-state index contributed by atoms with van der Waals surface area (Å²) >= 11 is 0. The van der Waals surface area contributed by atoms with E-state index in [-0.39, 0.29) is 29.0 Å². The number of carbonyl (C=O) groups is 2. The maximum atomic E-state index is 13.1. The molecular formula is C24H33N3O5. The number of carbonyl (C=O) groups excluding carboxylic acids is 2. The van der Waals surface area contributed by atoms with Crippen LogP contribution in [0.15, 0.2) is 18.2 Å². The molecule has 1 aliphatic heterocycles. The van der Waals surface area contributed by atoms with Crippen molar-refractivity contribution in [3.8, 4) is 11.5 Å². The number of amides is 2. The summed E-state index contributed by atoms with van der Waals surface area (Å²) in [7, 11) is 1.53. The predicted molar refractivity (Wildman–Crippen MR) is 117 cm³/mol. The van der Waals surface area contributed by atoms with Crippen LogP contribution in [0, 0.1) is 23.2 Å². The van der Waals surface area contributed by atoms with Gasteiger partial charge in [0.1, 0.15) is 6.10 Å². The first-order chi connectivity index (χ1) is 15.4. The van der Waals surface area contributed by atoms with Gasteiger partial charge in [-0.15, -0.1) is 0 Å². The molecule has 174 valence electrons. The molecule has 1 aromatic carbocycles. The van der Waals surface area contributed by atoms with Gasteiger partial charge in [0, 0.05) is 31.1 Å². The average molecular weight is 444 g/mol. The summed E-state index contributed by atoms with van der Waals surface area (Å²) in [6.45, 7) is 2.41. The Hall–Kier alpha value is -2.32. The molecule has 32 heavy (non-hydrogen) atoms. The number of hydrogen-bond donors (Lipinski definition) is 3. The van der Waals surface area contributed by atoms with E-state index < -0.39 is 6.10 Å². The molecule has 1 saturated heterocycles. The second kappa shape index (κ2) is 8.23. The van der Waals surface area contributed by atoms with E-state index in [4.69, 9.17) is 15.2 Å². The third-order valence-corrected chi connectivity index (χ3v) is 8.20. The summed E-state index contributed by atoms with van der Waals surface area (Å²) in [5.41, 5.74) is 6.45. The predicted octanol–water partition coefficient (Wildman–Crippen LogP) is 1.40. The molecule has 5 aliphatic rings. The van der Waals surface area contributed by atoms with Crippen molar-refractivity contribution >= 4 is 11.8 Å². The Morgan fingerprint density at radius 1 is 1.28 bits per heavy atom. The van der Waals surface area contributed by atoms with E-state index in [2.05, 4.69) is 10.2 Å². The summed E-state index contributed by atoms with van der Waals surface area (Å²) in [4.78, 5) is 27.5. The average Bonchev–Trinajstić information content (AvgIpc) is 2.77. The number of aromatic hydroxyl groups is 1. The highest BCUT2D eigenvalue weighted by Crippen LogP contribution is 2.59. The van der Waals surface area contributed by atoms with Gasteiger partial charge in [0.25, 0.3) is 5.91 Å². The van der Waals surface area contributed by atoms with E-state index in [1.54, 1.807) is 6.07 Å².